The Balaban J connectivity index is 1.49. The Kier molecular flexibility index (Phi) is 3.66. The van der Waals surface area contributed by atoms with E-state index in [1.54, 1.807) is 5.56 Å². The molecule has 1 aromatic heterocycles. The van der Waals surface area contributed by atoms with Crippen LogP contribution in [0.4, 0.5) is 0 Å². The van der Waals surface area contributed by atoms with Crippen molar-refractivity contribution in [2.45, 2.75) is 44.8 Å². The van der Waals surface area contributed by atoms with Crippen LogP contribution in [0.15, 0.2) is 42.5 Å². The number of aryl methyl sites for hydroxylation is 2. The predicted molar refractivity (Wildman–Crippen MR) is 109 cm³/mol. The fourth-order valence-corrected chi connectivity index (χ4v) is 5.44. The Morgan fingerprint density at radius 3 is 2.78 bits per heavy atom. The first-order valence-electron chi connectivity index (χ1n) is 10.4. The van der Waals surface area contributed by atoms with Gasteiger partial charge in [0.2, 0.25) is 0 Å². The molecular weight excluding hydrogens is 332 g/mol. The van der Waals surface area contributed by atoms with E-state index in [0.29, 0.717) is 6.10 Å². The summed E-state index contributed by atoms with van der Waals surface area (Å²) in [6.07, 6.45) is 6.29. The van der Waals surface area contributed by atoms with Crippen LogP contribution in [0.3, 0.4) is 0 Å². The highest BCUT2D eigenvalue weighted by Crippen LogP contribution is 2.38. The van der Waals surface area contributed by atoms with Crippen molar-refractivity contribution in [1.82, 2.24) is 9.47 Å². The van der Waals surface area contributed by atoms with Crippen molar-refractivity contribution in [3.8, 4) is 5.69 Å². The maximum atomic E-state index is 5.90. The highest BCUT2D eigenvalue weighted by Gasteiger charge is 2.29. The van der Waals surface area contributed by atoms with E-state index in [-0.39, 0.29) is 0 Å². The van der Waals surface area contributed by atoms with Gasteiger partial charge in [-0.3, -0.25) is 4.90 Å². The van der Waals surface area contributed by atoms with Crippen molar-refractivity contribution in [3.05, 3.63) is 64.8 Å². The molecule has 1 unspecified atom stereocenters. The van der Waals surface area contributed by atoms with E-state index in [1.807, 2.05) is 0 Å². The van der Waals surface area contributed by atoms with Crippen LogP contribution >= 0.6 is 0 Å². The fourth-order valence-electron chi connectivity index (χ4n) is 5.44. The Labute approximate surface area is 160 Å². The Morgan fingerprint density at radius 2 is 1.85 bits per heavy atom. The third-order valence-electron chi connectivity index (χ3n) is 6.72. The lowest BCUT2D eigenvalue weighted by atomic mass is 9.99. The van der Waals surface area contributed by atoms with Crippen LogP contribution in [-0.2, 0) is 30.5 Å². The summed E-state index contributed by atoms with van der Waals surface area (Å²) in [6.45, 7) is 4.23. The van der Waals surface area contributed by atoms with Crippen LogP contribution in [0.2, 0.25) is 0 Å². The molecule has 0 saturated carbocycles. The van der Waals surface area contributed by atoms with Gasteiger partial charge in [0, 0.05) is 49.4 Å². The number of hydrogen-bond acceptors (Lipinski definition) is 2. The van der Waals surface area contributed by atoms with E-state index < -0.39 is 0 Å². The first-order valence-corrected chi connectivity index (χ1v) is 10.4. The molecule has 0 amide bonds. The lowest BCUT2D eigenvalue weighted by molar-refractivity contribution is 0.0687. The highest BCUT2D eigenvalue weighted by atomic mass is 16.5. The molecule has 3 nitrogen and oxygen atoms in total. The van der Waals surface area contributed by atoms with Crippen LogP contribution in [0.1, 0.15) is 35.2 Å². The molecule has 1 saturated heterocycles. The molecule has 4 heterocycles. The summed E-state index contributed by atoms with van der Waals surface area (Å²) in [6, 6.07) is 15.9. The molecule has 2 aromatic carbocycles. The molecule has 1 fully saturated rings. The monoisotopic (exact) mass is 358 g/mol. The summed E-state index contributed by atoms with van der Waals surface area (Å²) >= 11 is 0. The number of hydrogen-bond donors (Lipinski definition) is 0. The Hall–Kier alpha value is -2.10. The van der Waals surface area contributed by atoms with Crippen molar-refractivity contribution in [2.75, 3.05) is 19.7 Å². The van der Waals surface area contributed by atoms with E-state index in [2.05, 4.69) is 51.9 Å². The van der Waals surface area contributed by atoms with Gasteiger partial charge in [0.1, 0.15) is 0 Å². The minimum atomic E-state index is 0.440. The van der Waals surface area contributed by atoms with Gasteiger partial charge in [-0.15, -0.1) is 0 Å². The summed E-state index contributed by atoms with van der Waals surface area (Å²) < 4.78 is 8.51. The molecule has 3 aliphatic heterocycles. The van der Waals surface area contributed by atoms with Gasteiger partial charge >= 0.3 is 0 Å². The van der Waals surface area contributed by atoms with E-state index >= 15 is 0 Å². The average Bonchev–Trinajstić information content (AvgIpc) is 3.28. The molecule has 0 aliphatic carbocycles. The van der Waals surface area contributed by atoms with Gasteiger partial charge in [-0.25, -0.2) is 0 Å². The van der Waals surface area contributed by atoms with Crippen LogP contribution in [0, 0.1) is 0 Å². The van der Waals surface area contributed by atoms with Gasteiger partial charge in [0.05, 0.1) is 11.6 Å². The first kappa shape index (κ1) is 15.9. The van der Waals surface area contributed by atoms with E-state index in [0.717, 1.165) is 45.5 Å². The third-order valence-corrected chi connectivity index (χ3v) is 6.72. The smallest absolute Gasteiger partial charge is 0.0702 e. The normalized spacial score (nSPS) is 21.9. The number of nitrogens with zero attached hydrogens (tertiary/aromatic N) is 2. The van der Waals surface area contributed by atoms with E-state index in [9.17, 15) is 0 Å². The molecule has 27 heavy (non-hydrogen) atoms. The maximum Gasteiger partial charge on any atom is 0.0702 e. The van der Waals surface area contributed by atoms with E-state index in [1.165, 1.54) is 46.3 Å². The van der Waals surface area contributed by atoms with Gasteiger partial charge in [-0.2, -0.15) is 0 Å². The summed E-state index contributed by atoms with van der Waals surface area (Å²) in [5.41, 5.74) is 8.94. The number of benzene rings is 2. The zero-order chi connectivity index (χ0) is 17.8. The minimum absolute atomic E-state index is 0.440. The second-order valence-electron chi connectivity index (χ2n) is 8.32. The molecule has 0 radical (unpaired) electrons. The second-order valence-corrected chi connectivity index (χ2v) is 8.32. The molecule has 0 spiro atoms. The van der Waals surface area contributed by atoms with Gasteiger partial charge in [-0.1, -0.05) is 36.4 Å². The number of para-hydroxylation sites is 2. The van der Waals surface area contributed by atoms with Gasteiger partial charge in [0.15, 0.2) is 0 Å². The Bertz CT molecular complexity index is 1010. The molecule has 3 aliphatic rings. The highest BCUT2D eigenvalue weighted by molar-refractivity contribution is 5.91. The number of fused-ring (bicyclic) bond motifs is 5. The lowest BCUT2D eigenvalue weighted by Crippen LogP contribution is -2.36. The van der Waals surface area contributed by atoms with Crippen molar-refractivity contribution < 1.29 is 4.74 Å². The van der Waals surface area contributed by atoms with Gasteiger partial charge in [0.25, 0.3) is 0 Å². The van der Waals surface area contributed by atoms with Crippen LogP contribution in [0.5, 0.6) is 0 Å². The molecular formula is C24H26N2O. The van der Waals surface area contributed by atoms with Crippen LogP contribution < -0.4 is 0 Å². The average molecular weight is 358 g/mol. The quantitative estimate of drug-likeness (QED) is 0.681. The molecule has 3 aromatic rings. The minimum Gasteiger partial charge on any atom is -0.377 e. The number of ether oxygens (including phenoxy) is 1. The zero-order valence-corrected chi connectivity index (χ0v) is 15.8. The third kappa shape index (κ3) is 2.49. The van der Waals surface area contributed by atoms with Crippen molar-refractivity contribution in [2.24, 2.45) is 0 Å². The first-order chi connectivity index (χ1) is 13.4. The SMILES string of the molecule is c1ccc2c(c1)CCc1cccc3c4c(n-2c13)CCN(CC1CCCO1)C4. The lowest BCUT2D eigenvalue weighted by Gasteiger charge is -2.30. The molecule has 0 bridgehead atoms. The Morgan fingerprint density at radius 1 is 0.963 bits per heavy atom. The number of rotatable bonds is 2. The second kappa shape index (κ2) is 6.22. The maximum absolute atomic E-state index is 5.90. The van der Waals surface area contributed by atoms with Gasteiger partial charge < -0.3 is 9.30 Å². The van der Waals surface area contributed by atoms with E-state index in [4.69, 9.17) is 4.74 Å². The van der Waals surface area contributed by atoms with Crippen molar-refractivity contribution in [3.63, 3.8) is 0 Å². The number of aromatic nitrogens is 1. The summed E-state index contributed by atoms with van der Waals surface area (Å²) in [7, 11) is 0. The molecule has 138 valence electrons. The van der Waals surface area contributed by atoms with Crippen LogP contribution in [-0.4, -0.2) is 35.3 Å². The topological polar surface area (TPSA) is 17.4 Å². The molecule has 1 atom stereocenters. The fraction of sp³-hybridized carbons (Fsp3) is 0.417. The van der Waals surface area contributed by atoms with Gasteiger partial charge in [-0.05, 0) is 48.4 Å². The zero-order valence-electron chi connectivity index (χ0n) is 15.8. The van der Waals surface area contributed by atoms with Crippen molar-refractivity contribution in [1.29, 1.82) is 0 Å². The van der Waals surface area contributed by atoms with Crippen LogP contribution in [0.25, 0.3) is 16.6 Å². The van der Waals surface area contributed by atoms with Crippen molar-refractivity contribution >= 4 is 10.9 Å². The standard InChI is InChI=1S/C24H26N2O/c1-2-9-22-17(5-1)10-11-18-6-3-8-20-21-16-25(15-19-7-4-14-27-19)13-12-23(21)26(22)24(18)20/h1-3,5-6,8-9,19H,4,7,10-16H2. The summed E-state index contributed by atoms with van der Waals surface area (Å²) in [4.78, 5) is 2.62. The summed E-state index contributed by atoms with van der Waals surface area (Å²) in [5.74, 6) is 0. The summed E-state index contributed by atoms with van der Waals surface area (Å²) in [5, 5.41) is 1.47. The molecule has 0 N–H and O–H groups in total. The predicted octanol–water partition coefficient (Wildman–Crippen LogP) is 4.27. The largest absolute Gasteiger partial charge is 0.377 e. The molecule has 6 rings (SSSR count). The molecule has 3 heteroatoms.